The van der Waals surface area contributed by atoms with Gasteiger partial charge in [-0.1, -0.05) is 13.0 Å². The molecule has 0 bridgehead atoms. The Labute approximate surface area is 108 Å². The van der Waals surface area contributed by atoms with Crippen LogP contribution in [-0.2, 0) is 10.0 Å². The molecule has 4 nitrogen and oxygen atoms in total. The van der Waals surface area contributed by atoms with Crippen LogP contribution in [0.3, 0.4) is 0 Å². The summed E-state index contributed by atoms with van der Waals surface area (Å²) in [5.41, 5.74) is 0.426. The second-order valence-corrected chi connectivity index (χ2v) is 5.99. The van der Waals surface area contributed by atoms with Crippen molar-refractivity contribution in [2.75, 3.05) is 13.1 Å². The van der Waals surface area contributed by atoms with Crippen LogP contribution in [0.5, 0.6) is 0 Å². The third-order valence-corrected chi connectivity index (χ3v) is 4.01. The van der Waals surface area contributed by atoms with Crippen LogP contribution in [0.2, 0.25) is 0 Å². The monoisotopic (exact) mass is 274 g/mol. The van der Waals surface area contributed by atoms with E-state index in [9.17, 15) is 12.8 Å². The van der Waals surface area contributed by atoms with E-state index in [2.05, 4.69) is 10.0 Å². The Morgan fingerprint density at radius 2 is 2.06 bits per heavy atom. The summed E-state index contributed by atoms with van der Waals surface area (Å²) in [7, 11) is -3.64. The Morgan fingerprint density at radius 1 is 1.39 bits per heavy atom. The van der Waals surface area contributed by atoms with Gasteiger partial charge in [0.25, 0.3) is 0 Å². The van der Waals surface area contributed by atoms with Gasteiger partial charge in [0, 0.05) is 12.6 Å². The smallest absolute Gasteiger partial charge is 0.240 e. The summed E-state index contributed by atoms with van der Waals surface area (Å²) in [6.45, 7) is 6.45. The molecular weight excluding hydrogens is 255 g/mol. The Kier molecular flexibility index (Phi) is 5.25. The maximum atomic E-state index is 13.3. The molecule has 1 aromatic carbocycles. The van der Waals surface area contributed by atoms with Crippen LogP contribution in [0.15, 0.2) is 23.1 Å². The highest BCUT2D eigenvalue weighted by Gasteiger charge is 2.16. The van der Waals surface area contributed by atoms with Crippen molar-refractivity contribution in [1.29, 1.82) is 0 Å². The topological polar surface area (TPSA) is 58.2 Å². The standard InChI is InChI=1S/C12H19FN2O2S/c1-4-14-10(3)8-15-18(16,17)11-6-5-9(2)12(13)7-11/h5-7,10,14-15H,4,8H2,1-3H3/t10-/m1/s1. The molecule has 0 spiro atoms. The third kappa shape index (κ3) is 4.04. The molecule has 0 aromatic heterocycles. The van der Waals surface area contributed by atoms with Gasteiger partial charge in [-0.2, -0.15) is 0 Å². The Hall–Kier alpha value is -0.980. The normalized spacial score (nSPS) is 13.6. The van der Waals surface area contributed by atoms with Gasteiger partial charge in [-0.3, -0.25) is 0 Å². The van der Waals surface area contributed by atoms with Crippen molar-refractivity contribution in [2.45, 2.75) is 31.7 Å². The number of sulfonamides is 1. The van der Waals surface area contributed by atoms with Gasteiger partial charge in [0.2, 0.25) is 10.0 Å². The second-order valence-electron chi connectivity index (χ2n) is 4.22. The number of rotatable bonds is 6. The number of aryl methyl sites for hydroxylation is 1. The maximum Gasteiger partial charge on any atom is 0.240 e. The van der Waals surface area contributed by atoms with E-state index < -0.39 is 15.8 Å². The van der Waals surface area contributed by atoms with E-state index in [0.29, 0.717) is 5.56 Å². The predicted molar refractivity (Wildman–Crippen MR) is 69.5 cm³/mol. The molecule has 0 radical (unpaired) electrons. The van der Waals surface area contributed by atoms with Gasteiger partial charge < -0.3 is 5.32 Å². The second kappa shape index (κ2) is 6.26. The summed E-state index contributed by atoms with van der Waals surface area (Å²) >= 11 is 0. The van der Waals surface area contributed by atoms with E-state index in [-0.39, 0.29) is 17.5 Å². The number of nitrogens with one attached hydrogen (secondary N) is 2. The molecular formula is C12H19FN2O2S. The summed E-state index contributed by atoms with van der Waals surface area (Å²) in [6, 6.07) is 3.92. The Balaban J connectivity index is 2.77. The summed E-state index contributed by atoms with van der Waals surface area (Å²) in [5, 5.41) is 3.09. The van der Waals surface area contributed by atoms with Crippen molar-refractivity contribution in [1.82, 2.24) is 10.0 Å². The lowest BCUT2D eigenvalue weighted by Crippen LogP contribution is -2.38. The van der Waals surface area contributed by atoms with Gasteiger partial charge in [-0.15, -0.1) is 0 Å². The molecule has 0 heterocycles. The van der Waals surface area contributed by atoms with Crippen LogP contribution in [0.25, 0.3) is 0 Å². The van der Waals surface area contributed by atoms with E-state index in [1.807, 2.05) is 13.8 Å². The fraction of sp³-hybridized carbons (Fsp3) is 0.500. The average Bonchev–Trinajstić information content (AvgIpc) is 2.30. The fourth-order valence-electron chi connectivity index (χ4n) is 1.48. The Bertz CT molecular complexity index is 503. The quantitative estimate of drug-likeness (QED) is 0.824. The summed E-state index contributed by atoms with van der Waals surface area (Å²) in [5.74, 6) is -0.516. The molecule has 102 valence electrons. The third-order valence-electron chi connectivity index (χ3n) is 2.59. The molecule has 1 rings (SSSR count). The van der Waals surface area contributed by atoms with Crippen LogP contribution >= 0.6 is 0 Å². The number of hydrogen-bond donors (Lipinski definition) is 2. The van der Waals surface area contributed by atoms with Crippen LogP contribution in [-0.4, -0.2) is 27.5 Å². The summed E-state index contributed by atoms with van der Waals surface area (Å²) in [4.78, 5) is -0.0469. The molecule has 0 amide bonds. The van der Waals surface area contributed by atoms with Gasteiger partial charge in [0.05, 0.1) is 4.90 Å². The minimum atomic E-state index is -3.64. The van der Waals surface area contributed by atoms with Crippen molar-refractivity contribution < 1.29 is 12.8 Å². The first-order valence-corrected chi connectivity index (χ1v) is 7.34. The number of likely N-dealkylation sites (N-methyl/N-ethyl adjacent to an activating group) is 1. The lowest BCUT2D eigenvalue weighted by Gasteiger charge is -2.13. The van der Waals surface area contributed by atoms with E-state index >= 15 is 0 Å². The summed E-state index contributed by atoms with van der Waals surface area (Å²) in [6.07, 6.45) is 0. The van der Waals surface area contributed by atoms with Gasteiger partial charge in [0.1, 0.15) is 5.82 Å². The number of benzene rings is 1. The zero-order valence-electron chi connectivity index (χ0n) is 10.8. The molecule has 0 unspecified atom stereocenters. The molecule has 0 saturated heterocycles. The predicted octanol–water partition coefficient (Wildman–Crippen LogP) is 1.41. The molecule has 1 atom stereocenters. The van der Waals surface area contributed by atoms with Crippen LogP contribution in [0.4, 0.5) is 4.39 Å². The van der Waals surface area contributed by atoms with Crippen LogP contribution < -0.4 is 10.0 Å². The lowest BCUT2D eigenvalue weighted by atomic mass is 10.2. The van der Waals surface area contributed by atoms with Crippen molar-refractivity contribution in [2.24, 2.45) is 0 Å². The molecule has 18 heavy (non-hydrogen) atoms. The highest BCUT2D eigenvalue weighted by atomic mass is 32.2. The van der Waals surface area contributed by atoms with Crippen LogP contribution in [0.1, 0.15) is 19.4 Å². The fourth-order valence-corrected chi connectivity index (χ4v) is 2.62. The van der Waals surface area contributed by atoms with E-state index in [0.717, 1.165) is 12.6 Å². The van der Waals surface area contributed by atoms with Crippen molar-refractivity contribution in [3.63, 3.8) is 0 Å². The first kappa shape index (κ1) is 15.1. The number of hydrogen-bond acceptors (Lipinski definition) is 3. The van der Waals surface area contributed by atoms with E-state index in [1.54, 1.807) is 6.92 Å². The number of halogens is 1. The molecule has 6 heteroatoms. The zero-order valence-corrected chi connectivity index (χ0v) is 11.6. The Morgan fingerprint density at radius 3 is 2.61 bits per heavy atom. The highest BCUT2D eigenvalue weighted by Crippen LogP contribution is 2.13. The van der Waals surface area contributed by atoms with E-state index in [1.165, 1.54) is 12.1 Å². The van der Waals surface area contributed by atoms with Gasteiger partial charge in [0.15, 0.2) is 0 Å². The summed E-state index contributed by atoms with van der Waals surface area (Å²) < 4.78 is 39.6. The van der Waals surface area contributed by atoms with E-state index in [4.69, 9.17) is 0 Å². The molecule has 1 aromatic rings. The van der Waals surface area contributed by atoms with Crippen LogP contribution in [0, 0.1) is 12.7 Å². The van der Waals surface area contributed by atoms with Gasteiger partial charge in [-0.25, -0.2) is 17.5 Å². The molecule has 0 aliphatic carbocycles. The SMILES string of the molecule is CCN[C@H](C)CNS(=O)(=O)c1ccc(C)c(F)c1. The lowest BCUT2D eigenvalue weighted by molar-refractivity contribution is 0.535. The zero-order chi connectivity index (χ0) is 13.8. The minimum Gasteiger partial charge on any atom is -0.313 e. The largest absolute Gasteiger partial charge is 0.313 e. The minimum absolute atomic E-state index is 0.0278. The molecule has 0 aliphatic rings. The molecule has 2 N–H and O–H groups in total. The highest BCUT2D eigenvalue weighted by molar-refractivity contribution is 7.89. The van der Waals surface area contributed by atoms with Gasteiger partial charge >= 0.3 is 0 Å². The van der Waals surface area contributed by atoms with Crippen molar-refractivity contribution in [3.05, 3.63) is 29.6 Å². The van der Waals surface area contributed by atoms with Crippen molar-refractivity contribution >= 4 is 10.0 Å². The molecule has 0 aliphatic heterocycles. The average molecular weight is 274 g/mol. The molecule has 0 fully saturated rings. The van der Waals surface area contributed by atoms with Crippen molar-refractivity contribution in [3.8, 4) is 0 Å². The first-order chi connectivity index (χ1) is 8.36. The van der Waals surface area contributed by atoms with Gasteiger partial charge in [-0.05, 0) is 38.1 Å². The molecule has 0 saturated carbocycles. The maximum absolute atomic E-state index is 13.3. The first-order valence-electron chi connectivity index (χ1n) is 5.86.